The number of hydrogen-bond acceptors (Lipinski definition) is 8. The van der Waals surface area contributed by atoms with Crippen molar-refractivity contribution < 1.29 is 39.8 Å². The molecule has 1 rings (SSSR count). The number of ether oxygens (including phenoxy) is 2. The van der Waals surface area contributed by atoms with E-state index >= 15 is 0 Å². The van der Waals surface area contributed by atoms with E-state index in [1.165, 1.54) is 77.0 Å². The molecule has 0 spiro atoms. The number of carbonyl (C=O) groups excluding carboxylic acids is 1. The zero-order valence-corrected chi connectivity index (χ0v) is 41.0. The molecule has 1 aliphatic heterocycles. The molecule has 372 valence electrons. The van der Waals surface area contributed by atoms with Gasteiger partial charge < -0.3 is 40.3 Å². The maximum Gasteiger partial charge on any atom is 0.220 e. The van der Waals surface area contributed by atoms with E-state index in [4.69, 9.17) is 9.47 Å². The van der Waals surface area contributed by atoms with Gasteiger partial charge in [0.1, 0.15) is 24.4 Å². The second-order valence-electron chi connectivity index (χ2n) is 17.6. The first-order valence-electron chi connectivity index (χ1n) is 26.0. The van der Waals surface area contributed by atoms with Crippen LogP contribution in [0.4, 0.5) is 0 Å². The van der Waals surface area contributed by atoms with Gasteiger partial charge in [0.15, 0.2) is 6.29 Å². The smallest absolute Gasteiger partial charge is 0.220 e. The van der Waals surface area contributed by atoms with Crippen LogP contribution in [0.2, 0.25) is 0 Å². The predicted octanol–water partition coefficient (Wildman–Crippen LogP) is 12.1. The zero-order chi connectivity index (χ0) is 47.3. The van der Waals surface area contributed by atoms with Crippen molar-refractivity contribution in [2.24, 2.45) is 0 Å². The standard InChI is InChI=1S/C56H95NO8/c1-3-5-7-9-11-13-15-17-19-21-22-23-24-25-26-27-28-30-32-34-36-38-40-42-44-46-52(60)57-49(48-64-56-55(63)54(62)53(61)51(47-58)65-56)50(59)45-43-41-39-37-35-33-31-29-20-18-16-14-12-10-8-6-4-2/h5,7,11,13,17,19-20,22-23,25-26,29,35,37,43,45,49-51,53-56,58-59,61-63H,3-4,6,8-10,12,14-16,18,21,24,27-28,30-34,36,38-42,44,46-48H2,1-2H3,(H,57,60)/b7-5-,13-11-,19-17-,23-22-,26-25-,29-20+,37-35+,45-43+. The number of rotatable bonds is 42. The fourth-order valence-corrected chi connectivity index (χ4v) is 7.51. The molecule has 65 heavy (non-hydrogen) atoms. The van der Waals surface area contributed by atoms with Crippen molar-refractivity contribution in [3.8, 4) is 0 Å². The van der Waals surface area contributed by atoms with E-state index in [2.05, 4.69) is 104 Å². The van der Waals surface area contributed by atoms with Gasteiger partial charge in [0.2, 0.25) is 5.91 Å². The van der Waals surface area contributed by atoms with Crippen LogP contribution in [0.25, 0.3) is 0 Å². The Labute approximate surface area is 396 Å². The lowest BCUT2D eigenvalue weighted by molar-refractivity contribution is -0.302. The molecule has 0 aromatic rings. The molecular formula is C56H95NO8. The number of aliphatic hydroxyl groups is 5. The highest BCUT2D eigenvalue weighted by Crippen LogP contribution is 2.22. The number of amides is 1. The first-order valence-corrected chi connectivity index (χ1v) is 26.0. The third-order valence-electron chi connectivity index (χ3n) is 11.6. The molecule has 1 heterocycles. The van der Waals surface area contributed by atoms with Gasteiger partial charge in [-0.15, -0.1) is 0 Å². The molecule has 0 saturated carbocycles. The van der Waals surface area contributed by atoms with Crippen LogP contribution in [0.3, 0.4) is 0 Å². The third-order valence-corrected chi connectivity index (χ3v) is 11.6. The van der Waals surface area contributed by atoms with Crippen LogP contribution in [0.1, 0.15) is 194 Å². The maximum absolute atomic E-state index is 13.0. The Bertz CT molecular complexity index is 1330. The molecule has 0 bridgehead atoms. The Balaban J connectivity index is 2.32. The summed E-state index contributed by atoms with van der Waals surface area (Å²) in [6.07, 6.45) is 57.4. The Morgan fingerprint density at radius 2 is 0.969 bits per heavy atom. The molecule has 1 fully saturated rings. The van der Waals surface area contributed by atoms with Gasteiger partial charge >= 0.3 is 0 Å². The third kappa shape index (κ3) is 35.0. The average molecular weight is 910 g/mol. The highest BCUT2D eigenvalue weighted by molar-refractivity contribution is 5.76. The zero-order valence-electron chi connectivity index (χ0n) is 41.0. The minimum absolute atomic E-state index is 0.202. The molecule has 0 aliphatic carbocycles. The van der Waals surface area contributed by atoms with E-state index in [1.54, 1.807) is 6.08 Å². The number of allylic oxidation sites excluding steroid dienone is 15. The maximum atomic E-state index is 13.0. The first-order chi connectivity index (χ1) is 31.8. The minimum atomic E-state index is -1.58. The summed E-state index contributed by atoms with van der Waals surface area (Å²) in [5, 5.41) is 54.3. The molecule has 1 aliphatic rings. The summed E-state index contributed by atoms with van der Waals surface area (Å²) in [4.78, 5) is 13.0. The van der Waals surface area contributed by atoms with Gasteiger partial charge in [0.05, 0.1) is 25.4 Å². The molecule has 1 saturated heterocycles. The SMILES string of the molecule is CC/C=C\C/C=C\C/C=C\C/C=C\C/C=C\CCCCCCCCCCCC(=O)NC(COC1OC(CO)C(O)C(O)C1O)C(O)/C=C/CC/C=C/CC/C=C/CCCCCCCCC. The van der Waals surface area contributed by atoms with Gasteiger partial charge in [-0.3, -0.25) is 4.79 Å². The molecule has 9 heteroatoms. The van der Waals surface area contributed by atoms with E-state index in [-0.39, 0.29) is 12.5 Å². The van der Waals surface area contributed by atoms with Gasteiger partial charge in [-0.05, 0) is 89.9 Å². The van der Waals surface area contributed by atoms with E-state index in [0.717, 1.165) is 96.3 Å². The predicted molar refractivity (Wildman–Crippen MR) is 271 cm³/mol. The van der Waals surface area contributed by atoms with Crippen molar-refractivity contribution >= 4 is 5.91 Å². The van der Waals surface area contributed by atoms with Gasteiger partial charge in [-0.25, -0.2) is 0 Å². The summed E-state index contributed by atoms with van der Waals surface area (Å²) in [7, 11) is 0. The topological polar surface area (TPSA) is 149 Å². The van der Waals surface area contributed by atoms with Crippen LogP contribution >= 0.6 is 0 Å². The summed E-state index contributed by atoms with van der Waals surface area (Å²) in [5.74, 6) is -0.202. The lowest BCUT2D eigenvalue weighted by atomic mass is 9.99. The number of carbonyl (C=O) groups is 1. The quantitative estimate of drug-likeness (QED) is 0.0262. The van der Waals surface area contributed by atoms with Gasteiger partial charge in [0.25, 0.3) is 0 Å². The molecule has 0 aromatic heterocycles. The number of nitrogens with one attached hydrogen (secondary N) is 1. The van der Waals surface area contributed by atoms with Gasteiger partial charge in [0, 0.05) is 6.42 Å². The van der Waals surface area contributed by atoms with E-state index < -0.39 is 49.5 Å². The van der Waals surface area contributed by atoms with Crippen molar-refractivity contribution in [1.29, 1.82) is 0 Å². The highest BCUT2D eigenvalue weighted by atomic mass is 16.7. The summed E-state index contributed by atoms with van der Waals surface area (Å²) < 4.78 is 11.2. The molecular weight excluding hydrogens is 815 g/mol. The number of hydrogen-bond donors (Lipinski definition) is 6. The van der Waals surface area contributed by atoms with Gasteiger partial charge in [-0.1, -0.05) is 195 Å². The average Bonchev–Trinajstić information content (AvgIpc) is 3.31. The lowest BCUT2D eigenvalue weighted by Gasteiger charge is -2.40. The molecule has 7 atom stereocenters. The molecule has 7 unspecified atom stereocenters. The molecule has 1 amide bonds. The van der Waals surface area contributed by atoms with Crippen molar-refractivity contribution in [1.82, 2.24) is 5.32 Å². The Kier molecular flexibility index (Phi) is 41.6. The fourth-order valence-electron chi connectivity index (χ4n) is 7.51. The highest BCUT2D eigenvalue weighted by Gasteiger charge is 2.44. The Morgan fingerprint density at radius 3 is 1.48 bits per heavy atom. The minimum Gasteiger partial charge on any atom is -0.394 e. The largest absolute Gasteiger partial charge is 0.394 e. The van der Waals surface area contributed by atoms with Crippen LogP contribution in [0.5, 0.6) is 0 Å². The van der Waals surface area contributed by atoms with Crippen LogP contribution < -0.4 is 5.32 Å². The van der Waals surface area contributed by atoms with Gasteiger partial charge in [-0.2, -0.15) is 0 Å². The van der Waals surface area contributed by atoms with Crippen molar-refractivity contribution in [2.45, 2.75) is 236 Å². The summed E-state index contributed by atoms with van der Waals surface area (Å²) >= 11 is 0. The Morgan fingerprint density at radius 1 is 0.538 bits per heavy atom. The van der Waals surface area contributed by atoms with E-state index in [1.807, 2.05) is 6.08 Å². The normalized spacial score (nSPS) is 20.8. The van der Waals surface area contributed by atoms with Crippen molar-refractivity contribution in [3.05, 3.63) is 97.2 Å². The first kappa shape index (κ1) is 60.1. The fraction of sp³-hybridized carbons (Fsp3) is 0.696. The summed E-state index contributed by atoms with van der Waals surface area (Å²) in [6, 6.07) is -0.838. The second-order valence-corrected chi connectivity index (χ2v) is 17.6. The van der Waals surface area contributed by atoms with Crippen molar-refractivity contribution in [2.75, 3.05) is 13.2 Å². The molecule has 0 radical (unpaired) electrons. The lowest BCUT2D eigenvalue weighted by Crippen LogP contribution is -2.60. The molecule has 6 N–H and O–H groups in total. The summed E-state index contributed by atoms with van der Waals surface area (Å²) in [6.45, 7) is 3.62. The van der Waals surface area contributed by atoms with Crippen molar-refractivity contribution in [3.63, 3.8) is 0 Å². The van der Waals surface area contributed by atoms with E-state index in [9.17, 15) is 30.3 Å². The van der Waals surface area contributed by atoms with E-state index in [0.29, 0.717) is 6.42 Å². The Hall–Kier alpha value is -2.89. The number of aliphatic hydroxyl groups excluding tert-OH is 5. The summed E-state index contributed by atoms with van der Waals surface area (Å²) in [5.41, 5.74) is 0. The molecule has 0 aromatic carbocycles. The molecule has 9 nitrogen and oxygen atoms in total. The monoisotopic (exact) mass is 910 g/mol. The van der Waals surface area contributed by atoms with Crippen LogP contribution in [-0.2, 0) is 14.3 Å². The van der Waals surface area contributed by atoms with Crippen LogP contribution in [-0.4, -0.2) is 87.5 Å². The van der Waals surface area contributed by atoms with Crippen LogP contribution in [0, 0.1) is 0 Å². The van der Waals surface area contributed by atoms with Crippen LogP contribution in [0.15, 0.2) is 97.2 Å². The second kappa shape index (κ2) is 44.9. The number of unbranched alkanes of at least 4 members (excludes halogenated alkanes) is 18.